The lowest BCUT2D eigenvalue weighted by molar-refractivity contribution is 0.0953. The Hall–Kier alpha value is -3.91. The number of carbonyl (C=O) groups excluding carboxylic acids is 2. The third-order valence-electron chi connectivity index (χ3n) is 6.34. The predicted octanol–water partition coefficient (Wildman–Crippen LogP) is 5.34. The molecule has 1 aromatic carbocycles. The number of aromatic amines is 1. The molecule has 8 heteroatoms. The van der Waals surface area contributed by atoms with E-state index in [4.69, 9.17) is 0 Å². The van der Waals surface area contributed by atoms with Gasteiger partial charge in [-0.3, -0.25) is 24.7 Å². The second-order valence-corrected chi connectivity index (χ2v) is 9.35. The molecular weight excluding hydrogens is 452 g/mol. The number of rotatable bonds is 10. The summed E-state index contributed by atoms with van der Waals surface area (Å²) in [6, 6.07) is 11.3. The average Bonchev–Trinajstić information content (AvgIpc) is 3.31. The van der Waals surface area contributed by atoms with Gasteiger partial charge in [0.05, 0.1) is 17.4 Å². The van der Waals surface area contributed by atoms with Gasteiger partial charge < -0.3 is 10.2 Å². The number of aromatic nitrogens is 4. The Kier molecular flexibility index (Phi) is 7.85. The lowest BCUT2D eigenvalue weighted by atomic mass is 9.96. The molecule has 0 atom stereocenters. The summed E-state index contributed by atoms with van der Waals surface area (Å²) in [6.45, 7) is 4.97. The smallest absolute Gasteiger partial charge is 0.276 e. The number of Topliss-reactive ketones (excluding diaryl/α,β-unsaturated/α-hetero) is 1. The van der Waals surface area contributed by atoms with Crippen LogP contribution in [0.5, 0.6) is 0 Å². The molecule has 186 valence electrons. The molecule has 0 bridgehead atoms. The number of H-pyrrole nitrogens is 1. The van der Waals surface area contributed by atoms with Gasteiger partial charge in [0.1, 0.15) is 5.69 Å². The molecule has 0 fully saturated rings. The van der Waals surface area contributed by atoms with Gasteiger partial charge in [0, 0.05) is 36.3 Å². The van der Waals surface area contributed by atoms with E-state index in [0.717, 1.165) is 41.6 Å². The fraction of sp³-hybridized carbons (Fsp3) is 0.321. The molecule has 3 heterocycles. The van der Waals surface area contributed by atoms with Crippen molar-refractivity contribution in [3.8, 4) is 11.1 Å². The van der Waals surface area contributed by atoms with Crippen molar-refractivity contribution in [1.29, 1.82) is 0 Å². The Morgan fingerprint density at radius 2 is 1.81 bits per heavy atom. The van der Waals surface area contributed by atoms with E-state index < -0.39 is 0 Å². The van der Waals surface area contributed by atoms with Gasteiger partial charge in [-0.2, -0.15) is 5.10 Å². The Labute approximate surface area is 211 Å². The Balaban J connectivity index is 1.52. The van der Waals surface area contributed by atoms with Crippen molar-refractivity contribution >= 4 is 28.3 Å². The Bertz CT molecular complexity index is 1360. The van der Waals surface area contributed by atoms with Crippen molar-refractivity contribution in [3.05, 3.63) is 71.9 Å². The lowest BCUT2D eigenvalue weighted by Crippen LogP contribution is -2.14. The van der Waals surface area contributed by atoms with Gasteiger partial charge in [0.15, 0.2) is 11.5 Å². The largest absolute Gasteiger partial charge is 0.319 e. The summed E-state index contributed by atoms with van der Waals surface area (Å²) in [5.41, 5.74) is 5.01. The van der Waals surface area contributed by atoms with Crippen LogP contribution in [0.3, 0.4) is 0 Å². The van der Waals surface area contributed by atoms with Gasteiger partial charge in [-0.05, 0) is 61.5 Å². The molecule has 4 aromatic rings. The highest BCUT2D eigenvalue weighted by atomic mass is 16.2. The first-order valence-corrected chi connectivity index (χ1v) is 12.3. The molecule has 0 spiro atoms. The van der Waals surface area contributed by atoms with Crippen LogP contribution in [0.15, 0.2) is 55.0 Å². The minimum absolute atomic E-state index is 0.0246. The number of pyridine rings is 2. The van der Waals surface area contributed by atoms with Gasteiger partial charge >= 0.3 is 0 Å². The van der Waals surface area contributed by atoms with Crippen LogP contribution in [0, 0.1) is 5.92 Å². The maximum absolute atomic E-state index is 13.0. The normalized spacial score (nSPS) is 11.4. The van der Waals surface area contributed by atoms with E-state index in [1.807, 2.05) is 44.7 Å². The monoisotopic (exact) mass is 484 g/mol. The molecule has 2 N–H and O–H groups in total. The van der Waals surface area contributed by atoms with E-state index >= 15 is 0 Å². The molecule has 0 saturated carbocycles. The first-order chi connectivity index (χ1) is 17.4. The van der Waals surface area contributed by atoms with Crippen LogP contribution >= 0.6 is 0 Å². The summed E-state index contributed by atoms with van der Waals surface area (Å²) < 4.78 is 0. The van der Waals surface area contributed by atoms with Crippen LogP contribution in [0.25, 0.3) is 22.0 Å². The first-order valence-electron chi connectivity index (χ1n) is 12.3. The number of amides is 1. The molecule has 0 aliphatic rings. The SMILES string of the molecule is CCC(CC)CC(=O)c1ccc(NC(=O)c2n[nH]c3ccc(-c4cncc(CN(C)C)c4)cc23)cn1. The Morgan fingerprint density at radius 3 is 2.50 bits per heavy atom. The highest BCUT2D eigenvalue weighted by Crippen LogP contribution is 2.26. The van der Waals surface area contributed by atoms with Crippen LogP contribution in [0.1, 0.15) is 59.7 Å². The number of anilines is 1. The Morgan fingerprint density at radius 1 is 1.00 bits per heavy atom. The summed E-state index contributed by atoms with van der Waals surface area (Å²) in [4.78, 5) is 36.3. The molecule has 0 radical (unpaired) electrons. The molecule has 0 aliphatic heterocycles. The minimum atomic E-state index is -0.351. The van der Waals surface area contributed by atoms with Crippen LogP contribution in [-0.2, 0) is 6.54 Å². The zero-order valence-electron chi connectivity index (χ0n) is 21.2. The summed E-state index contributed by atoms with van der Waals surface area (Å²) in [5, 5.41) is 10.7. The third-order valence-corrected chi connectivity index (χ3v) is 6.34. The van der Waals surface area contributed by atoms with Crippen molar-refractivity contribution in [1.82, 2.24) is 25.1 Å². The second-order valence-electron chi connectivity index (χ2n) is 9.35. The van der Waals surface area contributed by atoms with Crippen molar-refractivity contribution < 1.29 is 9.59 Å². The van der Waals surface area contributed by atoms with E-state index in [-0.39, 0.29) is 17.4 Å². The van der Waals surface area contributed by atoms with Crippen LogP contribution in [0.4, 0.5) is 5.69 Å². The maximum Gasteiger partial charge on any atom is 0.276 e. The number of ketones is 1. The molecule has 1 amide bonds. The van der Waals surface area contributed by atoms with Gasteiger partial charge in [0.25, 0.3) is 5.91 Å². The van der Waals surface area contributed by atoms with E-state index in [2.05, 4.69) is 50.3 Å². The average molecular weight is 485 g/mol. The quantitative estimate of drug-likeness (QED) is 0.294. The number of benzene rings is 1. The summed E-state index contributed by atoms with van der Waals surface area (Å²) in [6.07, 6.45) is 7.61. The lowest BCUT2D eigenvalue weighted by Gasteiger charge is -2.11. The van der Waals surface area contributed by atoms with Crippen LogP contribution in [0.2, 0.25) is 0 Å². The van der Waals surface area contributed by atoms with Gasteiger partial charge in [-0.15, -0.1) is 0 Å². The number of hydrogen-bond acceptors (Lipinski definition) is 6. The second kappa shape index (κ2) is 11.2. The molecule has 3 aromatic heterocycles. The summed E-state index contributed by atoms with van der Waals surface area (Å²) in [7, 11) is 4.04. The standard InChI is InChI=1S/C28H32N6O2/c1-5-18(6-2)12-26(35)25-10-8-22(16-30-25)31-28(36)27-23-13-20(7-9-24(23)32-33-27)21-11-19(14-29-15-21)17-34(3)4/h7-11,13-16,18H,5-6,12,17H2,1-4H3,(H,31,36)(H,32,33). The van der Waals surface area contributed by atoms with Crippen molar-refractivity contribution in [2.75, 3.05) is 19.4 Å². The molecule has 8 nitrogen and oxygen atoms in total. The van der Waals surface area contributed by atoms with Crippen molar-refractivity contribution in [2.24, 2.45) is 5.92 Å². The van der Waals surface area contributed by atoms with Crippen LogP contribution in [-0.4, -0.2) is 50.9 Å². The van der Waals surface area contributed by atoms with E-state index in [1.54, 1.807) is 12.1 Å². The molecule has 36 heavy (non-hydrogen) atoms. The topological polar surface area (TPSA) is 104 Å². The number of nitrogens with one attached hydrogen (secondary N) is 2. The molecule has 0 unspecified atom stereocenters. The van der Waals surface area contributed by atoms with E-state index in [0.29, 0.717) is 29.1 Å². The zero-order chi connectivity index (χ0) is 25.7. The van der Waals surface area contributed by atoms with Crippen molar-refractivity contribution in [2.45, 2.75) is 39.7 Å². The van der Waals surface area contributed by atoms with E-state index in [1.165, 1.54) is 6.20 Å². The first kappa shape index (κ1) is 25.2. The highest BCUT2D eigenvalue weighted by molar-refractivity contribution is 6.11. The predicted molar refractivity (Wildman–Crippen MR) is 142 cm³/mol. The number of hydrogen-bond donors (Lipinski definition) is 2. The fourth-order valence-corrected chi connectivity index (χ4v) is 4.23. The summed E-state index contributed by atoms with van der Waals surface area (Å²) in [5.74, 6) is 0.0371. The number of fused-ring (bicyclic) bond motifs is 1. The highest BCUT2D eigenvalue weighted by Gasteiger charge is 2.17. The number of nitrogens with zero attached hydrogens (tertiary/aromatic N) is 4. The fourth-order valence-electron chi connectivity index (χ4n) is 4.23. The third kappa shape index (κ3) is 5.83. The summed E-state index contributed by atoms with van der Waals surface area (Å²) >= 11 is 0. The zero-order valence-corrected chi connectivity index (χ0v) is 21.2. The number of carbonyl (C=O) groups is 2. The van der Waals surface area contributed by atoms with Gasteiger partial charge in [-0.1, -0.05) is 32.8 Å². The maximum atomic E-state index is 13.0. The molecule has 0 saturated heterocycles. The van der Waals surface area contributed by atoms with Crippen molar-refractivity contribution in [3.63, 3.8) is 0 Å². The minimum Gasteiger partial charge on any atom is -0.319 e. The molecular formula is C28H32N6O2. The van der Waals surface area contributed by atoms with Gasteiger partial charge in [-0.25, -0.2) is 0 Å². The van der Waals surface area contributed by atoms with E-state index in [9.17, 15) is 9.59 Å². The van der Waals surface area contributed by atoms with Crippen LogP contribution < -0.4 is 5.32 Å². The van der Waals surface area contributed by atoms with Gasteiger partial charge in [0.2, 0.25) is 0 Å². The molecule has 0 aliphatic carbocycles. The molecule has 4 rings (SSSR count).